The van der Waals surface area contributed by atoms with E-state index in [2.05, 4.69) is 133 Å². The highest BCUT2D eigenvalue weighted by Crippen LogP contribution is 2.49. The number of benzene rings is 3. The van der Waals surface area contributed by atoms with Crippen LogP contribution in [0.3, 0.4) is 0 Å². The number of allylic oxidation sites excluding steroid dienone is 2. The SMILES string of the molecule is CC(=O)N1CCn2c(C3CC3)nc(-c3ccc(C)c(C)c3)c2C1.CCC(=O)N1CCn2c(C3CC3)nc(-c3cccc4cc(-c5cnn(C)c5)c(C)cc34)c2C1.CCC(=O)N1CCn2c(C3CC3)nc(C3=CCc4cc(-c5cnn(C)c5)ncc43)c2C1.CCC(=O)N1CCn2c(C3CC3)nc(C3=CCc4cc(-c5cnn(C)c5)ncc43)c2C1. The Morgan fingerprint density at radius 3 is 1.21 bits per heavy atom. The van der Waals surface area contributed by atoms with Gasteiger partial charge in [0.15, 0.2) is 0 Å². The first-order valence-corrected chi connectivity index (χ1v) is 42.8. The van der Waals surface area contributed by atoms with Crippen LogP contribution in [-0.2, 0) is 106 Å². The van der Waals surface area contributed by atoms with Crippen LogP contribution in [0.25, 0.3) is 78.1 Å². The van der Waals surface area contributed by atoms with Gasteiger partial charge >= 0.3 is 0 Å². The van der Waals surface area contributed by atoms with Crippen LogP contribution in [0.5, 0.6) is 0 Å². The van der Waals surface area contributed by atoms with E-state index in [0.717, 1.165) is 133 Å². The molecule has 0 radical (unpaired) electrons. The van der Waals surface area contributed by atoms with E-state index in [1.807, 2.05) is 110 Å². The zero-order valence-corrected chi connectivity index (χ0v) is 69.6. The highest BCUT2D eigenvalue weighted by molar-refractivity contribution is 6.00. The van der Waals surface area contributed by atoms with E-state index in [1.54, 1.807) is 16.3 Å². The van der Waals surface area contributed by atoms with E-state index >= 15 is 0 Å². The first-order chi connectivity index (χ1) is 57.3. The highest BCUT2D eigenvalue weighted by Gasteiger charge is 2.41. The maximum absolute atomic E-state index is 12.5. The summed E-state index contributed by atoms with van der Waals surface area (Å²) in [6, 6.07) is 21.9. The van der Waals surface area contributed by atoms with Gasteiger partial charge in [-0.05, 0) is 153 Å². The van der Waals surface area contributed by atoms with Gasteiger partial charge in [0.05, 0.1) is 102 Å². The minimum absolute atomic E-state index is 0.149. The molecule has 6 aliphatic carbocycles. The molecule has 24 nitrogen and oxygen atoms in total. The summed E-state index contributed by atoms with van der Waals surface area (Å²) in [4.78, 5) is 87.0. The number of carbonyl (C=O) groups is 4. The summed E-state index contributed by atoms with van der Waals surface area (Å²) >= 11 is 0. The average molecular weight is 1580 g/mol. The van der Waals surface area contributed by atoms with Crippen LogP contribution in [0, 0.1) is 20.8 Å². The molecule has 604 valence electrons. The number of hydrogen-bond acceptors (Lipinski definition) is 13. The zero-order valence-electron chi connectivity index (χ0n) is 69.6. The van der Waals surface area contributed by atoms with Crippen molar-refractivity contribution in [1.82, 2.24) is 97.1 Å². The molecule has 0 bridgehead atoms. The largest absolute Gasteiger partial charge is 0.335 e. The van der Waals surface area contributed by atoms with Crippen molar-refractivity contribution in [3.8, 4) is 56.2 Å². The Kier molecular flexibility index (Phi) is 19.9. The lowest BCUT2D eigenvalue weighted by Crippen LogP contribution is -2.38. The van der Waals surface area contributed by atoms with Gasteiger partial charge in [-0.15, -0.1) is 0 Å². The molecule has 24 heteroatoms. The summed E-state index contributed by atoms with van der Waals surface area (Å²) in [6.07, 6.45) is 33.4. The Bertz CT molecular complexity index is 5890. The highest BCUT2D eigenvalue weighted by atomic mass is 16.2. The lowest BCUT2D eigenvalue weighted by Gasteiger charge is -2.29. The van der Waals surface area contributed by atoms with E-state index in [0.29, 0.717) is 69.1 Å². The van der Waals surface area contributed by atoms with Crippen LogP contribution in [0.1, 0.15) is 218 Å². The lowest BCUT2D eigenvalue weighted by atomic mass is 9.94. The first kappa shape index (κ1) is 76.1. The van der Waals surface area contributed by atoms with Crippen molar-refractivity contribution >= 4 is 45.5 Å². The maximum atomic E-state index is 12.5. The fourth-order valence-corrected chi connectivity index (χ4v) is 18.4. The molecule has 22 rings (SSSR count). The Morgan fingerprint density at radius 1 is 0.390 bits per heavy atom. The zero-order chi connectivity index (χ0) is 81.1. The molecule has 4 saturated carbocycles. The molecule has 3 aromatic carbocycles. The second-order valence-electron chi connectivity index (χ2n) is 34.0. The van der Waals surface area contributed by atoms with Crippen molar-refractivity contribution in [2.24, 2.45) is 21.1 Å². The molecule has 4 fully saturated rings. The van der Waals surface area contributed by atoms with E-state index in [9.17, 15) is 19.2 Å². The number of carbonyl (C=O) groups excluding carboxylic acids is 4. The molecule has 12 aromatic rings. The van der Waals surface area contributed by atoms with Crippen molar-refractivity contribution < 1.29 is 19.2 Å². The predicted molar refractivity (Wildman–Crippen MR) is 454 cm³/mol. The molecular weight excluding hydrogens is 1470 g/mol. The molecule has 0 unspecified atom stereocenters. The summed E-state index contributed by atoms with van der Waals surface area (Å²) in [5.41, 5.74) is 28.6. The lowest BCUT2D eigenvalue weighted by molar-refractivity contribution is -0.133. The van der Waals surface area contributed by atoms with Gasteiger partial charge in [0.2, 0.25) is 23.6 Å². The fraction of sp³-hybridized carbons (Fsp3) is 0.415. The summed E-state index contributed by atoms with van der Waals surface area (Å²) in [5.74, 6) is 8.02. The fourth-order valence-electron chi connectivity index (χ4n) is 18.4. The predicted octanol–water partition coefficient (Wildman–Crippen LogP) is 15.0. The van der Waals surface area contributed by atoms with Crippen LogP contribution < -0.4 is 0 Å². The van der Waals surface area contributed by atoms with Crippen LogP contribution in [-0.4, -0.2) is 147 Å². The number of fused-ring (bicyclic) bond motifs is 7. The van der Waals surface area contributed by atoms with Crippen LogP contribution in [0.2, 0.25) is 0 Å². The van der Waals surface area contributed by atoms with Crippen molar-refractivity contribution in [2.75, 3.05) is 26.2 Å². The molecule has 0 atom stereocenters. The normalized spacial score (nSPS) is 17.0. The molecule has 10 aliphatic rings. The van der Waals surface area contributed by atoms with Crippen molar-refractivity contribution in [2.45, 2.75) is 208 Å². The van der Waals surface area contributed by atoms with E-state index in [1.165, 1.54) is 158 Å². The Morgan fingerprint density at radius 2 is 0.797 bits per heavy atom. The van der Waals surface area contributed by atoms with E-state index in [4.69, 9.17) is 29.9 Å². The molecule has 13 heterocycles. The third-order valence-electron chi connectivity index (χ3n) is 25.7. The Hall–Kier alpha value is -12.0. The van der Waals surface area contributed by atoms with Crippen molar-refractivity contribution in [3.05, 3.63) is 219 Å². The van der Waals surface area contributed by atoms with Gasteiger partial charge in [-0.3, -0.25) is 43.2 Å². The standard InChI is InChI=1S/C27H29N5O.2C24H26N6O.C19H23N3O/c1-4-25(33)31-10-11-32-24(16-31)26(29-27(32)18-8-9-18)21-7-5-6-19-13-22(17(2)12-23(19)21)20-14-28-30(3)15-20;2*1-3-22(31)29-8-9-30-21(14-29)23(27-24(30)15-4-5-15)18-7-6-16-10-20(25-12-19(16)18)17-11-26-28(2)13-17;1-12-4-5-16(10-13(12)2)18-17-11-21(14(3)23)8-9-22(17)19(20-18)15-6-7-15/h5-7,12-15,18H,4,8-11,16H2,1-3H3;2*7,10-13,15H,3-6,8-9,14H2,1-2H3;4-5,10,15H,6-9,11H2,1-3H3. The first-order valence-electron chi connectivity index (χ1n) is 42.8. The molecular formula is C94H104N20O4. The number of imidazole rings is 4. The van der Waals surface area contributed by atoms with Crippen molar-refractivity contribution in [3.63, 3.8) is 0 Å². The maximum Gasteiger partial charge on any atom is 0.222 e. The van der Waals surface area contributed by atoms with E-state index in [-0.39, 0.29) is 23.6 Å². The minimum atomic E-state index is 0.149. The summed E-state index contributed by atoms with van der Waals surface area (Å²) in [7, 11) is 5.79. The monoisotopic (exact) mass is 1580 g/mol. The number of aryl methyl sites for hydroxylation is 6. The molecule has 0 spiro atoms. The number of amides is 4. The molecule has 4 aliphatic heterocycles. The van der Waals surface area contributed by atoms with Crippen LogP contribution in [0.4, 0.5) is 0 Å². The van der Waals surface area contributed by atoms with Gasteiger partial charge in [-0.1, -0.05) is 69.3 Å². The second kappa shape index (κ2) is 30.8. The van der Waals surface area contributed by atoms with Crippen molar-refractivity contribution in [1.29, 1.82) is 0 Å². The molecule has 0 N–H and O–H groups in total. The van der Waals surface area contributed by atoms with Gasteiger partial charge in [0.25, 0.3) is 0 Å². The Labute approximate surface area is 688 Å². The van der Waals surface area contributed by atoms with Gasteiger partial charge in [-0.25, -0.2) is 19.9 Å². The summed E-state index contributed by atoms with van der Waals surface area (Å²) in [5, 5.41) is 15.3. The molecule has 4 amide bonds. The minimum Gasteiger partial charge on any atom is -0.335 e. The smallest absolute Gasteiger partial charge is 0.222 e. The van der Waals surface area contributed by atoms with Crippen LogP contribution in [0.15, 0.2) is 122 Å². The third kappa shape index (κ3) is 14.5. The van der Waals surface area contributed by atoms with Crippen LogP contribution >= 0.6 is 0 Å². The van der Waals surface area contributed by atoms with Gasteiger partial charge in [-0.2, -0.15) is 15.3 Å². The number of pyridine rings is 2. The number of hydrogen-bond donors (Lipinski definition) is 0. The number of rotatable bonds is 14. The summed E-state index contributed by atoms with van der Waals surface area (Å²) < 4.78 is 15.0. The second-order valence-corrected chi connectivity index (χ2v) is 34.0. The van der Waals surface area contributed by atoms with Gasteiger partial charge in [0.1, 0.15) is 23.3 Å². The molecule has 9 aromatic heterocycles. The summed E-state index contributed by atoms with van der Waals surface area (Å²) in [6.45, 7) is 23.1. The Balaban J connectivity index is 0.000000105. The van der Waals surface area contributed by atoms with Gasteiger partial charge < -0.3 is 37.9 Å². The topological polar surface area (TPSA) is 232 Å². The number of aromatic nitrogens is 16. The molecule has 118 heavy (non-hydrogen) atoms. The quantitative estimate of drug-likeness (QED) is 0.0987. The third-order valence-corrected chi connectivity index (χ3v) is 25.7. The van der Waals surface area contributed by atoms with Gasteiger partial charge in [0, 0.05) is 204 Å². The molecule has 0 saturated heterocycles. The average Bonchev–Trinajstić information content (AvgIpc) is 1.59. The van der Waals surface area contributed by atoms with E-state index < -0.39 is 0 Å². The number of nitrogens with zero attached hydrogens (tertiary/aromatic N) is 20.